The van der Waals surface area contributed by atoms with Crippen LogP contribution >= 0.6 is 0 Å². The largest absolute Gasteiger partial charge is 0.458 e. The molecule has 1 aliphatic carbocycles. The molecule has 7 heteroatoms. The lowest BCUT2D eigenvalue weighted by Crippen LogP contribution is -2.44. The Balaban J connectivity index is 1.68. The number of aliphatic hydroxyl groups is 1. The maximum atomic E-state index is 13.4. The van der Waals surface area contributed by atoms with Crippen molar-refractivity contribution in [2.24, 2.45) is 0 Å². The highest BCUT2D eigenvalue weighted by molar-refractivity contribution is 6.34. The van der Waals surface area contributed by atoms with E-state index in [4.69, 9.17) is 17.6 Å². The van der Waals surface area contributed by atoms with Crippen LogP contribution in [-0.4, -0.2) is 28.5 Å². The molecule has 1 atom stereocenters. The van der Waals surface area contributed by atoms with E-state index in [1.807, 2.05) is 6.07 Å². The summed E-state index contributed by atoms with van der Waals surface area (Å²) < 4.78 is 6.86. The summed E-state index contributed by atoms with van der Waals surface area (Å²) in [4.78, 5) is 30.7. The second-order valence-corrected chi connectivity index (χ2v) is 8.84. The average molecular weight is 412 g/mol. The Labute approximate surface area is 180 Å². The van der Waals surface area contributed by atoms with Gasteiger partial charge in [-0.1, -0.05) is 17.9 Å². The fourth-order valence-corrected chi connectivity index (χ4v) is 5.57. The van der Waals surface area contributed by atoms with Gasteiger partial charge in [0.1, 0.15) is 14.5 Å². The second-order valence-electron chi connectivity index (χ2n) is 8.84. The summed E-state index contributed by atoms with van der Waals surface area (Å²) in [7, 11) is 6.28. The predicted octanol–water partition coefficient (Wildman–Crippen LogP) is 1.67. The number of cyclic esters (lactones) is 1. The van der Waals surface area contributed by atoms with Crippen molar-refractivity contribution in [1.29, 1.82) is 0 Å². The number of carbonyl (C=O) groups is 1. The van der Waals surface area contributed by atoms with Gasteiger partial charge in [0.25, 0.3) is 5.56 Å². The first-order valence-electron chi connectivity index (χ1n) is 10.8. The van der Waals surface area contributed by atoms with Crippen LogP contribution in [-0.2, 0) is 41.1 Å². The normalized spacial score (nSPS) is 20.9. The summed E-state index contributed by atoms with van der Waals surface area (Å²) in [6.07, 6.45) is 3.07. The van der Waals surface area contributed by atoms with E-state index in [-0.39, 0.29) is 18.6 Å². The third-order valence-corrected chi connectivity index (χ3v) is 7.38. The van der Waals surface area contributed by atoms with E-state index in [9.17, 15) is 14.7 Å². The van der Waals surface area contributed by atoms with Crippen LogP contribution in [0.4, 0.5) is 0 Å². The van der Waals surface area contributed by atoms with Crippen molar-refractivity contribution in [3.8, 4) is 11.4 Å². The van der Waals surface area contributed by atoms with Crippen molar-refractivity contribution in [2.75, 3.05) is 0 Å². The minimum absolute atomic E-state index is 0.117. The van der Waals surface area contributed by atoms with Crippen LogP contribution in [0.3, 0.4) is 0 Å². The maximum Gasteiger partial charge on any atom is 0.343 e. The number of fused-ring (bicyclic) bond motifs is 5. The van der Waals surface area contributed by atoms with Gasteiger partial charge in [0, 0.05) is 16.5 Å². The van der Waals surface area contributed by atoms with Gasteiger partial charge in [0.05, 0.1) is 29.0 Å². The van der Waals surface area contributed by atoms with Crippen LogP contribution in [0, 0.1) is 6.92 Å². The first-order chi connectivity index (χ1) is 14.8. The monoisotopic (exact) mass is 412 g/mol. The zero-order chi connectivity index (χ0) is 21.7. The predicted molar refractivity (Wildman–Crippen MR) is 117 cm³/mol. The van der Waals surface area contributed by atoms with Crippen LogP contribution in [0.15, 0.2) is 16.9 Å². The summed E-state index contributed by atoms with van der Waals surface area (Å²) in [5.41, 5.74) is 6.28. The topological polar surface area (TPSA) is 81.4 Å². The van der Waals surface area contributed by atoms with Gasteiger partial charge in [-0.05, 0) is 55.9 Å². The summed E-state index contributed by atoms with van der Waals surface area (Å²) in [5, 5.41) is 12.2. The van der Waals surface area contributed by atoms with E-state index in [1.165, 1.54) is 16.5 Å². The summed E-state index contributed by atoms with van der Waals surface area (Å²) in [6.45, 7) is 4.09. The highest BCUT2D eigenvalue weighted by Gasteiger charge is 2.45. The Morgan fingerprint density at radius 2 is 1.97 bits per heavy atom. The molecule has 1 N–H and O–H groups in total. The third-order valence-electron chi connectivity index (χ3n) is 7.38. The van der Waals surface area contributed by atoms with Crippen molar-refractivity contribution in [3.63, 3.8) is 0 Å². The van der Waals surface area contributed by atoms with Gasteiger partial charge in [0.2, 0.25) is 0 Å². The van der Waals surface area contributed by atoms with Crippen molar-refractivity contribution in [1.82, 2.24) is 9.55 Å². The zero-order valence-electron chi connectivity index (χ0n) is 17.5. The Hall–Kier alpha value is -2.93. The molecule has 0 bridgehead atoms. The number of aromatic nitrogens is 2. The number of nitrogens with zero attached hydrogens (tertiary/aromatic N) is 2. The van der Waals surface area contributed by atoms with E-state index >= 15 is 0 Å². The molecule has 3 aromatic rings. The molecule has 0 saturated heterocycles. The minimum atomic E-state index is -1.81. The van der Waals surface area contributed by atoms with Crippen molar-refractivity contribution in [3.05, 3.63) is 55.9 Å². The van der Waals surface area contributed by atoms with Crippen LogP contribution in [0.5, 0.6) is 0 Å². The molecule has 0 fully saturated rings. The van der Waals surface area contributed by atoms with Crippen LogP contribution in [0.2, 0.25) is 0 Å². The second kappa shape index (κ2) is 6.07. The first-order valence-corrected chi connectivity index (χ1v) is 10.8. The first kappa shape index (κ1) is 18.8. The van der Waals surface area contributed by atoms with Crippen LogP contribution in [0.25, 0.3) is 22.3 Å². The molecule has 1 aromatic carbocycles. The minimum Gasteiger partial charge on any atom is -0.458 e. The quantitative estimate of drug-likeness (QED) is 0.380. The molecule has 2 aliphatic heterocycles. The van der Waals surface area contributed by atoms with E-state index in [2.05, 4.69) is 6.92 Å². The molecule has 154 valence electrons. The number of aryl methyl sites for hydroxylation is 2. The van der Waals surface area contributed by atoms with Gasteiger partial charge in [-0.25, -0.2) is 9.78 Å². The molecule has 0 spiro atoms. The standard InChI is InChI=1S/C24H21BN2O4/c1-3-24(30)16-7-19-21-14(9-27(19)22(28)15(16)10-31-23(24)29)13-6-4-5-12-11(2)17(25)8-18(26-21)20(12)13/h7-8,30H,3-6,9-10H2,1-2H3/t24-/m0/s1. The summed E-state index contributed by atoms with van der Waals surface area (Å²) >= 11 is 0. The van der Waals surface area contributed by atoms with Crippen molar-refractivity contribution in [2.45, 2.75) is 58.3 Å². The number of rotatable bonds is 1. The lowest BCUT2D eigenvalue weighted by molar-refractivity contribution is -0.172. The smallest absolute Gasteiger partial charge is 0.343 e. The zero-order valence-corrected chi connectivity index (χ0v) is 17.5. The number of benzene rings is 1. The number of pyridine rings is 2. The fourth-order valence-electron chi connectivity index (χ4n) is 5.57. The highest BCUT2D eigenvalue weighted by atomic mass is 16.6. The lowest BCUT2D eigenvalue weighted by Gasteiger charge is -2.31. The Morgan fingerprint density at radius 1 is 1.19 bits per heavy atom. The van der Waals surface area contributed by atoms with Gasteiger partial charge < -0.3 is 14.4 Å². The van der Waals surface area contributed by atoms with Crippen molar-refractivity contribution < 1.29 is 14.6 Å². The molecule has 2 radical (unpaired) electrons. The molecule has 4 heterocycles. The molecule has 0 unspecified atom stereocenters. The summed E-state index contributed by atoms with van der Waals surface area (Å²) in [6, 6.07) is 3.68. The molecule has 3 aliphatic rings. The molecule has 6 rings (SSSR count). The SMILES string of the molecule is [B]c1cc2nc3c(c4c2c(c1C)CCC4)Cn1c-3cc2c(c1=O)COC(=O)[C@]2(O)CC. The average Bonchev–Trinajstić information content (AvgIpc) is 3.14. The van der Waals surface area contributed by atoms with E-state index in [1.54, 1.807) is 17.6 Å². The van der Waals surface area contributed by atoms with Gasteiger partial charge in [0.15, 0.2) is 5.60 Å². The Morgan fingerprint density at radius 3 is 2.74 bits per heavy atom. The summed E-state index contributed by atoms with van der Waals surface area (Å²) in [5.74, 6) is -0.709. The Bertz CT molecular complexity index is 1410. The number of esters is 1. The van der Waals surface area contributed by atoms with Gasteiger partial charge in [-0.15, -0.1) is 0 Å². The number of hydrogen-bond acceptors (Lipinski definition) is 5. The van der Waals surface area contributed by atoms with Crippen LogP contribution in [0.1, 0.15) is 53.1 Å². The van der Waals surface area contributed by atoms with Crippen LogP contribution < -0.4 is 11.0 Å². The molecule has 0 saturated carbocycles. The highest BCUT2D eigenvalue weighted by Crippen LogP contribution is 2.42. The molecule has 0 amide bonds. The molecular formula is C24H21BN2O4. The number of ether oxygens (including phenoxy) is 1. The van der Waals surface area contributed by atoms with E-state index < -0.39 is 11.6 Å². The lowest BCUT2D eigenvalue weighted by atomic mass is 9.79. The van der Waals surface area contributed by atoms with E-state index in [0.29, 0.717) is 23.4 Å². The van der Waals surface area contributed by atoms with Gasteiger partial charge in [-0.3, -0.25) is 4.79 Å². The number of carbonyl (C=O) groups excluding carboxylic acids is 1. The molecular weight excluding hydrogens is 391 g/mol. The molecule has 2 aromatic heterocycles. The number of hydrogen-bond donors (Lipinski definition) is 1. The fraction of sp³-hybridized carbons (Fsp3) is 0.375. The van der Waals surface area contributed by atoms with Crippen molar-refractivity contribution >= 4 is 30.2 Å². The van der Waals surface area contributed by atoms with Gasteiger partial charge in [-0.2, -0.15) is 0 Å². The van der Waals surface area contributed by atoms with Gasteiger partial charge >= 0.3 is 5.97 Å². The Kier molecular flexibility index (Phi) is 3.68. The maximum absolute atomic E-state index is 13.4. The van der Waals surface area contributed by atoms with E-state index in [0.717, 1.165) is 47.1 Å². The molecule has 6 nitrogen and oxygen atoms in total. The third kappa shape index (κ3) is 2.25. The molecule has 31 heavy (non-hydrogen) atoms.